The summed E-state index contributed by atoms with van der Waals surface area (Å²) >= 11 is 0. The van der Waals surface area contributed by atoms with E-state index in [2.05, 4.69) is 70.9 Å². The van der Waals surface area contributed by atoms with Crippen LogP contribution in [-0.4, -0.2) is 31.1 Å². The average Bonchev–Trinajstić information content (AvgIpc) is 3.14. The van der Waals surface area contributed by atoms with Gasteiger partial charge in [0.1, 0.15) is 5.75 Å². The highest BCUT2D eigenvalue weighted by molar-refractivity contribution is 5.84. The Bertz CT molecular complexity index is 862. The van der Waals surface area contributed by atoms with Crippen molar-refractivity contribution in [2.45, 2.75) is 25.6 Å². The number of fused-ring (bicyclic) bond motifs is 1. The lowest BCUT2D eigenvalue weighted by atomic mass is 10.1. The molecule has 26 heavy (non-hydrogen) atoms. The van der Waals surface area contributed by atoms with Gasteiger partial charge in [0.05, 0.1) is 7.11 Å². The molecule has 1 heterocycles. The molecule has 0 aliphatic carbocycles. The predicted molar refractivity (Wildman–Crippen MR) is 107 cm³/mol. The lowest BCUT2D eigenvalue weighted by molar-refractivity contribution is 0.320. The summed E-state index contributed by atoms with van der Waals surface area (Å²) in [6, 6.07) is 24.2. The van der Waals surface area contributed by atoms with Gasteiger partial charge >= 0.3 is 0 Å². The minimum atomic E-state index is 0.574. The Morgan fingerprint density at radius 1 is 0.962 bits per heavy atom. The molecule has 0 bridgehead atoms. The smallest absolute Gasteiger partial charge is 0.119 e. The van der Waals surface area contributed by atoms with Crippen LogP contribution in [0, 0.1) is 0 Å². The monoisotopic (exact) mass is 346 g/mol. The van der Waals surface area contributed by atoms with Gasteiger partial charge in [-0.2, -0.15) is 0 Å². The van der Waals surface area contributed by atoms with Gasteiger partial charge in [0.2, 0.25) is 0 Å². The molecule has 1 aliphatic heterocycles. The number of nitrogens with one attached hydrogen (secondary N) is 1. The molecule has 0 spiro atoms. The Kier molecular flexibility index (Phi) is 5.19. The molecule has 1 N–H and O–H groups in total. The van der Waals surface area contributed by atoms with Crippen LogP contribution >= 0.6 is 0 Å². The fraction of sp³-hybridized carbons (Fsp3) is 0.304. The average molecular weight is 346 g/mol. The van der Waals surface area contributed by atoms with Gasteiger partial charge in [-0.1, -0.05) is 48.5 Å². The molecule has 3 nitrogen and oxygen atoms in total. The van der Waals surface area contributed by atoms with Gasteiger partial charge in [0.25, 0.3) is 0 Å². The summed E-state index contributed by atoms with van der Waals surface area (Å²) in [7, 11) is 1.71. The zero-order chi connectivity index (χ0) is 17.8. The maximum Gasteiger partial charge on any atom is 0.119 e. The van der Waals surface area contributed by atoms with Crippen molar-refractivity contribution in [2.24, 2.45) is 0 Å². The normalized spacial score (nSPS) is 17.7. The Morgan fingerprint density at radius 2 is 1.77 bits per heavy atom. The molecule has 0 saturated carbocycles. The zero-order valence-corrected chi connectivity index (χ0v) is 15.3. The third-order valence-corrected chi connectivity index (χ3v) is 5.23. The summed E-state index contributed by atoms with van der Waals surface area (Å²) in [5.74, 6) is 0.910. The van der Waals surface area contributed by atoms with Gasteiger partial charge in [-0.25, -0.2) is 0 Å². The number of nitrogens with zero attached hydrogens (tertiary/aromatic N) is 1. The maximum absolute atomic E-state index is 5.30. The molecule has 1 aliphatic rings. The molecule has 0 amide bonds. The summed E-state index contributed by atoms with van der Waals surface area (Å²) in [5.41, 5.74) is 2.74. The molecule has 0 radical (unpaired) electrons. The Hall–Kier alpha value is -2.36. The molecule has 3 aromatic rings. The van der Waals surface area contributed by atoms with E-state index in [0.717, 1.165) is 25.4 Å². The molecular formula is C23H26N2O. The van der Waals surface area contributed by atoms with E-state index in [9.17, 15) is 0 Å². The highest BCUT2D eigenvalue weighted by Crippen LogP contribution is 2.22. The van der Waals surface area contributed by atoms with Crippen LogP contribution in [0.5, 0.6) is 5.75 Å². The van der Waals surface area contributed by atoms with Crippen molar-refractivity contribution < 1.29 is 4.74 Å². The van der Waals surface area contributed by atoms with Gasteiger partial charge in [0.15, 0.2) is 0 Å². The van der Waals surface area contributed by atoms with Crippen LogP contribution in [0.2, 0.25) is 0 Å². The van der Waals surface area contributed by atoms with Crippen molar-refractivity contribution in [3.05, 3.63) is 77.9 Å². The summed E-state index contributed by atoms with van der Waals surface area (Å²) < 4.78 is 5.30. The highest BCUT2D eigenvalue weighted by atomic mass is 16.5. The first kappa shape index (κ1) is 17.1. The molecule has 1 fully saturated rings. The molecule has 3 aromatic carbocycles. The van der Waals surface area contributed by atoms with E-state index in [1.807, 2.05) is 6.07 Å². The van der Waals surface area contributed by atoms with E-state index >= 15 is 0 Å². The second-order valence-electron chi connectivity index (χ2n) is 7.13. The van der Waals surface area contributed by atoms with Gasteiger partial charge in [-0.3, -0.25) is 4.90 Å². The van der Waals surface area contributed by atoms with E-state index in [-0.39, 0.29) is 0 Å². The van der Waals surface area contributed by atoms with Crippen LogP contribution in [0.1, 0.15) is 17.5 Å². The summed E-state index contributed by atoms with van der Waals surface area (Å²) in [5, 5.41) is 6.23. The molecule has 0 aromatic heterocycles. The third-order valence-electron chi connectivity index (χ3n) is 5.23. The van der Waals surface area contributed by atoms with E-state index in [4.69, 9.17) is 4.74 Å². The van der Waals surface area contributed by atoms with E-state index in [1.165, 1.54) is 34.9 Å². The molecule has 1 saturated heterocycles. The van der Waals surface area contributed by atoms with E-state index in [1.54, 1.807) is 7.11 Å². The summed E-state index contributed by atoms with van der Waals surface area (Å²) in [4.78, 5) is 2.54. The first-order valence-electron chi connectivity index (χ1n) is 9.36. The zero-order valence-electron chi connectivity index (χ0n) is 15.3. The Balaban J connectivity index is 1.32. The lowest BCUT2D eigenvalue weighted by Crippen LogP contribution is -2.31. The SMILES string of the molecule is COc1ccc2cc(CN[C@H]3CCN(Cc4ccccc4)C3)ccc2c1. The van der Waals surface area contributed by atoms with Crippen molar-refractivity contribution in [3.8, 4) is 5.75 Å². The minimum absolute atomic E-state index is 0.574. The van der Waals surface area contributed by atoms with Crippen molar-refractivity contribution in [3.63, 3.8) is 0 Å². The fourth-order valence-corrected chi connectivity index (χ4v) is 3.76. The molecule has 3 heteroatoms. The third kappa shape index (κ3) is 4.06. The van der Waals surface area contributed by atoms with Crippen molar-refractivity contribution >= 4 is 10.8 Å². The van der Waals surface area contributed by atoms with Crippen molar-refractivity contribution in [1.29, 1.82) is 0 Å². The topological polar surface area (TPSA) is 24.5 Å². The van der Waals surface area contributed by atoms with Crippen LogP contribution in [0.4, 0.5) is 0 Å². The molecule has 134 valence electrons. The second kappa shape index (κ2) is 7.90. The van der Waals surface area contributed by atoms with Gasteiger partial charge < -0.3 is 10.1 Å². The maximum atomic E-state index is 5.30. The first-order valence-corrected chi connectivity index (χ1v) is 9.36. The van der Waals surface area contributed by atoms with Gasteiger partial charge in [0, 0.05) is 32.2 Å². The first-order chi connectivity index (χ1) is 12.8. The van der Waals surface area contributed by atoms with E-state index in [0.29, 0.717) is 6.04 Å². The number of rotatable bonds is 6. The van der Waals surface area contributed by atoms with Gasteiger partial charge in [-0.15, -0.1) is 0 Å². The number of methoxy groups -OCH3 is 1. The standard InChI is InChI=1S/C23H26N2O/c1-26-23-10-9-20-13-19(7-8-21(20)14-23)15-24-22-11-12-25(17-22)16-18-5-3-2-4-6-18/h2-10,13-14,22,24H,11-12,15-17H2,1H3/t22-/m0/s1. The van der Waals surface area contributed by atoms with Crippen molar-refractivity contribution in [1.82, 2.24) is 10.2 Å². The Labute approximate surface area is 155 Å². The second-order valence-corrected chi connectivity index (χ2v) is 7.13. The fourth-order valence-electron chi connectivity index (χ4n) is 3.76. The van der Waals surface area contributed by atoms with Crippen LogP contribution in [0.15, 0.2) is 66.7 Å². The summed E-state index contributed by atoms with van der Waals surface area (Å²) in [6.07, 6.45) is 1.22. The minimum Gasteiger partial charge on any atom is -0.497 e. The van der Waals surface area contributed by atoms with Gasteiger partial charge in [-0.05, 0) is 46.5 Å². The van der Waals surface area contributed by atoms with Crippen LogP contribution < -0.4 is 10.1 Å². The molecule has 0 unspecified atom stereocenters. The van der Waals surface area contributed by atoms with E-state index < -0.39 is 0 Å². The van der Waals surface area contributed by atoms with Crippen molar-refractivity contribution in [2.75, 3.05) is 20.2 Å². The number of hydrogen-bond donors (Lipinski definition) is 1. The highest BCUT2D eigenvalue weighted by Gasteiger charge is 2.21. The number of likely N-dealkylation sites (tertiary alicyclic amines) is 1. The molecule has 1 atom stereocenters. The lowest BCUT2D eigenvalue weighted by Gasteiger charge is -2.17. The Morgan fingerprint density at radius 3 is 2.62 bits per heavy atom. The number of benzene rings is 3. The predicted octanol–water partition coefficient (Wildman–Crippen LogP) is 4.21. The molecular weight excluding hydrogens is 320 g/mol. The number of ether oxygens (including phenoxy) is 1. The van der Waals surface area contributed by atoms with Crippen LogP contribution in [-0.2, 0) is 13.1 Å². The largest absolute Gasteiger partial charge is 0.497 e. The molecule has 4 rings (SSSR count). The van der Waals surface area contributed by atoms with Crippen LogP contribution in [0.3, 0.4) is 0 Å². The number of hydrogen-bond acceptors (Lipinski definition) is 3. The van der Waals surface area contributed by atoms with Crippen LogP contribution in [0.25, 0.3) is 10.8 Å². The summed E-state index contributed by atoms with van der Waals surface area (Å²) in [6.45, 7) is 4.27. The quantitative estimate of drug-likeness (QED) is 0.723.